The number of carbonyl (C=O) groups excluding carboxylic acids is 1. The van der Waals surface area contributed by atoms with Crippen molar-refractivity contribution in [3.8, 4) is 0 Å². The fraction of sp³-hybridized carbons (Fsp3) is 0.889. The molecule has 0 aliphatic rings. The average molecular weight is 236 g/mol. The Balaban J connectivity index is 3.61. The van der Waals surface area contributed by atoms with Crippen molar-refractivity contribution in [1.29, 1.82) is 0 Å². The highest BCUT2D eigenvalue weighted by Gasteiger charge is 2.17. The first-order valence-electron chi connectivity index (χ1n) is 5.04. The summed E-state index contributed by atoms with van der Waals surface area (Å²) < 4.78 is 20.2. The molecule has 0 radical (unpaired) electrons. The van der Waals surface area contributed by atoms with E-state index in [1.54, 1.807) is 0 Å². The van der Waals surface area contributed by atoms with E-state index in [1.165, 1.54) is 7.11 Å². The number of nitrogens with one attached hydrogen (secondary N) is 1. The van der Waals surface area contributed by atoms with Crippen LogP contribution in [-0.2, 0) is 18.6 Å². The third-order valence-corrected chi connectivity index (χ3v) is 2.90. The standard InChI is InChI=1S/C9H19NO4P/c1-4-8(5-2)7-14-9(11)6-10-15(12)13-3/h8H,4-7H2,1-3H3,(H,10,12)/q+1. The molecule has 0 heterocycles. The van der Waals surface area contributed by atoms with Gasteiger partial charge in [-0.25, -0.2) is 0 Å². The van der Waals surface area contributed by atoms with Crippen molar-refractivity contribution < 1.29 is 18.6 Å². The number of carbonyl (C=O) groups is 1. The Morgan fingerprint density at radius 3 is 2.47 bits per heavy atom. The molecule has 15 heavy (non-hydrogen) atoms. The summed E-state index contributed by atoms with van der Waals surface area (Å²) in [7, 11) is -0.638. The summed E-state index contributed by atoms with van der Waals surface area (Å²) in [4.78, 5) is 11.1. The monoisotopic (exact) mass is 236 g/mol. The van der Waals surface area contributed by atoms with Crippen molar-refractivity contribution in [2.75, 3.05) is 20.3 Å². The van der Waals surface area contributed by atoms with Gasteiger partial charge in [0.15, 0.2) is 0 Å². The highest BCUT2D eigenvalue weighted by molar-refractivity contribution is 7.36. The van der Waals surface area contributed by atoms with E-state index in [9.17, 15) is 9.36 Å². The van der Waals surface area contributed by atoms with E-state index in [-0.39, 0.29) is 6.54 Å². The van der Waals surface area contributed by atoms with E-state index in [0.29, 0.717) is 12.5 Å². The van der Waals surface area contributed by atoms with Crippen molar-refractivity contribution in [1.82, 2.24) is 5.09 Å². The molecular formula is C9H19NO4P+. The van der Waals surface area contributed by atoms with Crippen LogP contribution < -0.4 is 5.09 Å². The maximum atomic E-state index is 11.1. The molecule has 0 aromatic rings. The lowest BCUT2D eigenvalue weighted by Crippen LogP contribution is -2.22. The zero-order chi connectivity index (χ0) is 11.7. The molecule has 6 heteroatoms. The molecule has 1 unspecified atom stereocenters. The molecule has 0 fully saturated rings. The molecule has 1 atom stereocenters. The van der Waals surface area contributed by atoms with Crippen LogP contribution in [0, 0.1) is 5.92 Å². The second kappa shape index (κ2) is 8.77. The van der Waals surface area contributed by atoms with Crippen LogP contribution in [0.4, 0.5) is 0 Å². The zero-order valence-corrected chi connectivity index (χ0v) is 10.4. The van der Waals surface area contributed by atoms with Gasteiger partial charge in [-0.15, -0.1) is 4.52 Å². The molecule has 0 aliphatic heterocycles. The quantitative estimate of drug-likeness (QED) is 0.514. The lowest BCUT2D eigenvalue weighted by Gasteiger charge is -2.11. The van der Waals surface area contributed by atoms with Gasteiger partial charge in [0.2, 0.25) is 0 Å². The minimum Gasteiger partial charge on any atom is -0.464 e. The van der Waals surface area contributed by atoms with Crippen LogP contribution >= 0.6 is 8.18 Å². The molecule has 0 spiro atoms. The average Bonchev–Trinajstić information content (AvgIpc) is 2.27. The van der Waals surface area contributed by atoms with E-state index in [4.69, 9.17) is 4.74 Å². The first-order valence-corrected chi connectivity index (χ1v) is 6.22. The lowest BCUT2D eigenvalue weighted by molar-refractivity contribution is -0.143. The molecule has 0 aromatic carbocycles. The van der Waals surface area contributed by atoms with Crippen LogP contribution in [0.5, 0.6) is 0 Å². The molecule has 5 nitrogen and oxygen atoms in total. The van der Waals surface area contributed by atoms with Crippen LogP contribution in [0.25, 0.3) is 0 Å². The van der Waals surface area contributed by atoms with E-state index in [1.807, 2.05) is 0 Å². The largest absolute Gasteiger partial charge is 0.613 e. The second-order valence-corrected chi connectivity index (χ2v) is 4.34. The van der Waals surface area contributed by atoms with Crippen molar-refractivity contribution >= 4 is 14.1 Å². The number of hydrogen-bond acceptors (Lipinski definition) is 4. The van der Waals surface area contributed by atoms with Crippen molar-refractivity contribution in [3.63, 3.8) is 0 Å². The Morgan fingerprint density at radius 2 is 2.00 bits per heavy atom. The number of ether oxygens (including phenoxy) is 1. The van der Waals surface area contributed by atoms with Crippen LogP contribution in [0.2, 0.25) is 0 Å². The minimum atomic E-state index is -1.94. The third-order valence-electron chi connectivity index (χ3n) is 2.15. The maximum absolute atomic E-state index is 11.1. The first-order chi connectivity index (χ1) is 7.13. The lowest BCUT2D eigenvalue weighted by atomic mass is 10.1. The van der Waals surface area contributed by atoms with Gasteiger partial charge in [0.05, 0.1) is 13.7 Å². The molecule has 0 amide bonds. The smallest absolute Gasteiger partial charge is 0.464 e. The van der Waals surface area contributed by atoms with Gasteiger partial charge in [0.25, 0.3) is 0 Å². The van der Waals surface area contributed by atoms with Gasteiger partial charge in [-0.05, 0) is 10.5 Å². The maximum Gasteiger partial charge on any atom is 0.613 e. The zero-order valence-electron chi connectivity index (χ0n) is 9.49. The Bertz CT molecular complexity index is 206. The van der Waals surface area contributed by atoms with Gasteiger partial charge in [-0.3, -0.25) is 4.79 Å². The van der Waals surface area contributed by atoms with Gasteiger partial charge >= 0.3 is 14.1 Å². The van der Waals surface area contributed by atoms with Crippen molar-refractivity contribution in [2.24, 2.45) is 5.92 Å². The summed E-state index contributed by atoms with van der Waals surface area (Å²) in [6.45, 7) is 4.46. The predicted molar refractivity (Wildman–Crippen MR) is 57.6 cm³/mol. The molecule has 0 bridgehead atoms. The Hall–Kier alpha value is -0.510. The van der Waals surface area contributed by atoms with Gasteiger partial charge in [0, 0.05) is 0 Å². The van der Waals surface area contributed by atoms with E-state index < -0.39 is 14.1 Å². The normalized spacial score (nSPS) is 11.6. The number of hydrogen-bond donors (Lipinski definition) is 1. The predicted octanol–water partition coefficient (Wildman–Crippen LogP) is 1.86. The molecule has 0 saturated heterocycles. The Kier molecular flexibility index (Phi) is 8.47. The molecule has 0 aromatic heterocycles. The minimum absolute atomic E-state index is 0.0802. The highest BCUT2D eigenvalue weighted by Crippen LogP contribution is 2.12. The highest BCUT2D eigenvalue weighted by atomic mass is 31.1. The first kappa shape index (κ1) is 14.5. The summed E-state index contributed by atoms with van der Waals surface area (Å²) in [5.41, 5.74) is 0. The van der Waals surface area contributed by atoms with Crippen molar-refractivity contribution in [2.45, 2.75) is 26.7 Å². The van der Waals surface area contributed by atoms with Gasteiger partial charge < -0.3 is 4.74 Å². The third kappa shape index (κ3) is 7.42. The van der Waals surface area contributed by atoms with Crippen LogP contribution in [0.3, 0.4) is 0 Å². The fourth-order valence-corrected chi connectivity index (χ4v) is 1.37. The molecule has 0 rings (SSSR count). The molecule has 0 aliphatic carbocycles. The van der Waals surface area contributed by atoms with Crippen molar-refractivity contribution in [3.05, 3.63) is 0 Å². The molecule has 0 saturated carbocycles. The topological polar surface area (TPSA) is 64.6 Å². The summed E-state index contributed by atoms with van der Waals surface area (Å²) >= 11 is 0. The van der Waals surface area contributed by atoms with Crippen LogP contribution in [0.15, 0.2) is 0 Å². The molecular weight excluding hydrogens is 217 g/mol. The van der Waals surface area contributed by atoms with E-state index >= 15 is 0 Å². The van der Waals surface area contributed by atoms with E-state index in [0.717, 1.165) is 12.8 Å². The number of esters is 1. The summed E-state index contributed by atoms with van der Waals surface area (Å²) in [6, 6.07) is 0. The number of rotatable bonds is 8. The van der Waals surface area contributed by atoms with E-state index in [2.05, 4.69) is 23.5 Å². The summed E-state index contributed by atoms with van der Waals surface area (Å²) in [5.74, 6) is 0.00689. The van der Waals surface area contributed by atoms with Crippen LogP contribution in [-0.4, -0.2) is 26.2 Å². The SMILES string of the molecule is CCC(CC)COC(=O)CN[P+](=O)OC. The Morgan fingerprint density at radius 1 is 1.40 bits per heavy atom. The van der Waals surface area contributed by atoms with Crippen LogP contribution in [0.1, 0.15) is 26.7 Å². The Labute approximate surface area is 91.4 Å². The molecule has 1 N–H and O–H groups in total. The summed E-state index contributed by atoms with van der Waals surface area (Å²) in [6.07, 6.45) is 1.98. The second-order valence-electron chi connectivity index (χ2n) is 3.14. The molecule has 88 valence electrons. The van der Waals surface area contributed by atoms with Gasteiger partial charge in [0.1, 0.15) is 6.54 Å². The summed E-state index contributed by atoms with van der Waals surface area (Å²) in [5, 5.41) is 2.40. The van der Waals surface area contributed by atoms with Gasteiger partial charge in [-0.1, -0.05) is 31.8 Å². The van der Waals surface area contributed by atoms with Gasteiger partial charge in [-0.2, -0.15) is 0 Å². The fourth-order valence-electron chi connectivity index (χ4n) is 0.980.